The number of benzene rings is 1. The van der Waals surface area contributed by atoms with Gasteiger partial charge in [0.2, 0.25) is 0 Å². The highest BCUT2D eigenvalue weighted by Crippen LogP contribution is 2.25. The normalized spacial score (nSPS) is 20.8. The molecule has 0 radical (unpaired) electrons. The molecule has 2 aliphatic rings. The van der Waals surface area contributed by atoms with Gasteiger partial charge in [0.1, 0.15) is 18.6 Å². The molecule has 2 fully saturated rings. The lowest BCUT2D eigenvalue weighted by Crippen LogP contribution is -3.23. The van der Waals surface area contributed by atoms with Gasteiger partial charge < -0.3 is 20.3 Å². The van der Waals surface area contributed by atoms with Gasteiger partial charge in [-0.15, -0.1) is 0 Å². The smallest absolute Gasteiger partial charge is 0.171 e. The average molecular weight is 363 g/mol. The predicted molar refractivity (Wildman–Crippen MR) is 107 cm³/mol. The summed E-state index contributed by atoms with van der Waals surface area (Å²) in [6.07, 6.45) is 7.70. The number of hydrogen-bond acceptors (Lipinski definition) is 2. The van der Waals surface area contributed by atoms with Crippen LogP contribution >= 0.6 is 12.2 Å². The van der Waals surface area contributed by atoms with E-state index < -0.39 is 0 Å². The van der Waals surface area contributed by atoms with E-state index in [-0.39, 0.29) is 0 Å². The molecule has 0 spiro atoms. The van der Waals surface area contributed by atoms with Gasteiger partial charge in [0.15, 0.2) is 5.11 Å². The van der Waals surface area contributed by atoms with Gasteiger partial charge in [-0.25, -0.2) is 0 Å². The van der Waals surface area contributed by atoms with Crippen molar-refractivity contribution in [3.8, 4) is 0 Å². The minimum atomic E-state index is 0.319. The molecule has 0 aromatic heterocycles. The second kappa shape index (κ2) is 8.97. The highest BCUT2D eigenvalue weighted by atomic mass is 32.1. The molecule has 0 atom stereocenters. The molecule has 4 nitrogen and oxygen atoms in total. The van der Waals surface area contributed by atoms with Crippen LogP contribution in [-0.4, -0.2) is 43.5 Å². The second-order valence-electron chi connectivity index (χ2n) is 7.42. The third kappa shape index (κ3) is 4.93. The number of ether oxygens (including phenoxy) is 1. The van der Waals surface area contributed by atoms with Crippen molar-refractivity contribution in [3.63, 3.8) is 0 Å². The second-order valence-corrected chi connectivity index (χ2v) is 7.82. The fraction of sp³-hybridized carbons (Fsp3) is 0.650. The summed E-state index contributed by atoms with van der Waals surface area (Å²) in [4.78, 5) is 1.71. The Balaban J connectivity index is 1.57. The summed E-state index contributed by atoms with van der Waals surface area (Å²) in [5.41, 5.74) is 2.73. The minimum Gasteiger partial charge on any atom is -0.370 e. The Bertz CT molecular complexity index is 549. The first-order chi connectivity index (χ1) is 12.2. The number of anilines is 1. The van der Waals surface area contributed by atoms with Crippen molar-refractivity contribution in [2.45, 2.75) is 51.0 Å². The molecule has 5 heteroatoms. The molecule has 0 unspecified atom stereocenters. The topological polar surface area (TPSA) is 37.7 Å². The van der Waals surface area contributed by atoms with Crippen molar-refractivity contribution in [2.24, 2.45) is 0 Å². The Morgan fingerprint density at radius 1 is 1.12 bits per heavy atom. The number of quaternary nitrogens is 1. The predicted octanol–water partition coefficient (Wildman–Crippen LogP) is 2.15. The summed E-state index contributed by atoms with van der Waals surface area (Å²) in [6.45, 7) is 7.17. The van der Waals surface area contributed by atoms with E-state index in [1.165, 1.54) is 37.7 Å². The van der Waals surface area contributed by atoms with Crippen LogP contribution in [0, 0.1) is 0 Å². The number of rotatable bonds is 5. The molecular formula is C20H32N3OS+. The number of thiocarbonyl (C=S) groups is 1. The molecule has 1 saturated carbocycles. The summed E-state index contributed by atoms with van der Waals surface area (Å²) < 4.78 is 5.58. The van der Waals surface area contributed by atoms with Gasteiger partial charge in [0.05, 0.1) is 19.8 Å². The standard InChI is InChI=1S/C20H31N3OS/c1-2-17-6-8-18(9-7-17)22-19(25)21-16-20(10-4-3-5-11-20)23-12-14-24-15-13-23/h6-9H,2-5,10-16H2,1H3,(H2,21,22,25)/p+1. The molecule has 1 aliphatic heterocycles. The number of morpholine rings is 1. The van der Waals surface area contributed by atoms with Crippen LogP contribution in [0.4, 0.5) is 5.69 Å². The van der Waals surface area contributed by atoms with Crippen LogP contribution in [0.1, 0.15) is 44.6 Å². The van der Waals surface area contributed by atoms with E-state index in [0.717, 1.165) is 50.1 Å². The van der Waals surface area contributed by atoms with Gasteiger partial charge in [0, 0.05) is 18.5 Å². The average Bonchev–Trinajstić information content (AvgIpc) is 2.68. The van der Waals surface area contributed by atoms with Crippen LogP contribution in [-0.2, 0) is 11.2 Å². The fourth-order valence-corrected chi connectivity index (χ4v) is 4.47. The molecule has 3 N–H and O–H groups in total. The van der Waals surface area contributed by atoms with Crippen molar-refractivity contribution in [1.29, 1.82) is 0 Å². The summed E-state index contributed by atoms with van der Waals surface area (Å²) in [6, 6.07) is 8.53. The maximum absolute atomic E-state index is 5.58. The van der Waals surface area contributed by atoms with Crippen molar-refractivity contribution >= 4 is 23.0 Å². The van der Waals surface area contributed by atoms with E-state index >= 15 is 0 Å². The molecule has 3 rings (SSSR count). The fourth-order valence-electron chi connectivity index (χ4n) is 4.28. The molecule has 138 valence electrons. The highest BCUT2D eigenvalue weighted by Gasteiger charge is 2.42. The van der Waals surface area contributed by atoms with E-state index in [1.807, 2.05) is 0 Å². The minimum absolute atomic E-state index is 0.319. The lowest BCUT2D eigenvalue weighted by Gasteiger charge is -2.45. The van der Waals surface area contributed by atoms with Crippen LogP contribution < -0.4 is 15.5 Å². The van der Waals surface area contributed by atoms with Gasteiger partial charge in [-0.2, -0.15) is 0 Å². The van der Waals surface area contributed by atoms with Crippen LogP contribution in [0.15, 0.2) is 24.3 Å². The summed E-state index contributed by atoms with van der Waals surface area (Å²) >= 11 is 5.56. The lowest BCUT2D eigenvalue weighted by molar-refractivity contribution is -0.960. The Kier molecular flexibility index (Phi) is 6.68. The van der Waals surface area contributed by atoms with Crippen molar-refractivity contribution in [3.05, 3.63) is 29.8 Å². The van der Waals surface area contributed by atoms with Crippen molar-refractivity contribution in [2.75, 3.05) is 38.2 Å². The van der Waals surface area contributed by atoms with E-state index in [9.17, 15) is 0 Å². The lowest BCUT2D eigenvalue weighted by atomic mass is 9.80. The molecule has 25 heavy (non-hydrogen) atoms. The highest BCUT2D eigenvalue weighted by molar-refractivity contribution is 7.80. The Hall–Kier alpha value is -1.17. The quantitative estimate of drug-likeness (QED) is 0.702. The van der Waals surface area contributed by atoms with E-state index in [2.05, 4.69) is 41.8 Å². The van der Waals surface area contributed by atoms with E-state index in [0.29, 0.717) is 5.54 Å². The summed E-state index contributed by atoms with van der Waals surface area (Å²) in [7, 11) is 0. The molecule has 1 saturated heterocycles. The van der Waals surface area contributed by atoms with Gasteiger partial charge in [-0.3, -0.25) is 0 Å². The third-order valence-corrected chi connectivity index (χ3v) is 6.11. The molecule has 1 aromatic rings. The molecule has 0 amide bonds. The van der Waals surface area contributed by atoms with Crippen LogP contribution in [0.25, 0.3) is 0 Å². The zero-order valence-electron chi connectivity index (χ0n) is 15.4. The first-order valence-corrected chi connectivity index (χ1v) is 10.2. The Morgan fingerprint density at radius 3 is 2.44 bits per heavy atom. The maximum Gasteiger partial charge on any atom is 0.171 e. The molecular weight excluding hydrogens is 330 g/mol. The maximum atomic E-state index is 5.58. The van der Waals surface area contributed by atoms with Gasteiger partial charge in [-0.1, -0.05) is 25.5 Å². The summed E-state index contributed by atoms with van der Waals surface area (Å²) in [5, 5.41) is 7.60. The molecule has 1 aliphatic carbocycles. The molecule has 0 bridgehead atoms. The van der Waals surface area contributed by atoms with Crippen molar-refractivity contribution in [1.82, 2.24) is 5.32 Å². The number of hydrogen-bond donors (Lipinski definition) is 3. The van der Waals surface area contributed by atoms with Crippen LogP contribution in [0.5, 0.6) is 0 Å². The van der Waals surface area contributed by atoms with Gasteiger partial charge in [0.25, 0.3) is 0 Å². The van der Waals surface area contributed by atoms with Crippen LogP contribution in [0.3, 0.4) is 0 Å². The third-order valence-electron chi connectivity index (χ3n) is 5.86. The van der Waals surface area contributed by atoms with E-state index in [1.54, 1.807) is 4.90 Å². The SMILES string of the molecule is CCc1ccc(NC(=S)NCC2([NH+]3CCOCC3)CCCCC2)cc1. The van der Waals surface area contributed by atoms with Gasteiger partial charge in [-0.05, 0) is 49.2 Å². The monoisotopic (exact) mass is 362 g/mol. The number of aryl methyl sites for hydroxylation is 1. The summed E-state index contributed by atoms with van der Waals surface area (Å²) in [5.74, 6) is 0. The Morgan fingerprint density at radius 2 is 1.80 bits per heavy atom. The zero-order valence-corrected chi connectivity index (χ0v) is 16.2. The van der Waals surface area contributed by atoms with Crippen LogP contribution in [0.2, 0.25) is 0 Å². The largest absolute Gasteiger partial charge is 0.370 e. The Labute approximate surface area is 157 Å². The molecule has 1 aromatic carbocycles. The first-order valence-electron chi connectivity index (χ1n) is 9.78. The number of nitrogens with one attached hydrogen (secondary N) is 3. The van der Waals surface area contributed by atoms with E-state index in [4.69, 9.17) is 17.0 Å². The zero-order chi connectivity index (χ0) is 17.5. The van der Waals surface area contributed by atoms with Gasteiger partial charge >= 0.3 is 0 Å². The first kappa shape index (κ1) is 18.6. The van der Waals surface area contributed by atoms with Crippen molar-refractivity contribution < 1.29 is 9.64 Å². The molecule has 1 heterocycles.